The zero-order valence-electron chi connectivity index (χ0n) is 18.7. The Morgan fingerprint density at radius 1 is 1.03 bits per heavy atom. The Bertz CT molecular complexity index is 1150. The highest BCUT2D eigenvalue weighted by molar-refractivity contribution is 7.06. The Morgan fingerprint density at radius 2 is 1.81 bits per heavy atom. The molecule has 1 amide bonds. The molecule has 0 aliphatic carbocycles. The summed E-state index contributed by atoms with van der Waals surface area (Å²) in [6, 6.07) is 3.02. The van der Waals surface area contributed by atoms with Crippen LogP contribution in [0.2, 0.25) is 0 Å². The fourth-order valence-corrected chi connectivity index (χ4v) is 3.78. The number of nitrogens with zero attached hydrogens (tertiary/aromatic N) is 4. The van der Waals surface area contributed by atoms with Crippen LogP contribution in [0.4, 0.5) is 32.0 Å². The highest BCUT2D eigenvalue weighted by atomic mass is 32.1. The largest absolute Gasteiger partial charge is 0.476 e. The van der Waals surface area contributed by atoms with E-state index in [9.17, 15) is 31.1 Å². The van der Waals surface area contributed by atoms with Crippen molar-refractivity contribution in [3.05, 3.63) is 58.2 Å². The Morgan fingerprint density at radius 3 is 2.42 bits per heavy atom. The number of ether oxygens (including phenoxy) is 1. The van der Waals surface area contributed by atoms with Gasteiger partial charge in [-0.3, -0.25) is 9.78 Å². The molecule has 0 saturated heterocycles. The van der Waals surface area contributed by atoms with Gasteiger partial charge >= 0.3 is 12.4 Å². The van der Waals surface area contributed by atoms with Crippen molar-refractivity contribution in [3.63, 3.8) is 0 Å². The summed E-state index contributed by atoms with van der Waals surface area (Å²) in [6.07, 6.45) is -6.69. The molecule has 2 N–H and O–H groups in total. The molecule has 36 heavy (non-hydrogen) atoms. The van der Waals surface area contributed by atoms with Gasteiger partial charge in [0.15, 0.2) is 5.69 Å². The molecule has 3 rings (SSSR count). The summed E-state index contributed by atoms with van der Waals surface area (Å²) in [5, 5.41) is 5.28. The van der Waals surface area contributed by atoms with E-state index in [1.54, 1.807) is 6.92 Å². The molecule has 3 aromatic rings. The van der Waals surface area contributed by atoms with Crippen LogP contribution in [0.25, 0.3) is 0 Å². The van der Waals surface area contributed by atoms with Crippen molar-refractivity contribution in [1.29, 1.82) is 0 Å². The predicted octanol–water partition coefficient (Wildman–Crippen LogP) is 4.42. The number of pyridine rings is 1. The third-order valence-corrected chi connectivity index (χ3v) is 5.54. The van der Waals surface area contributed by atoms with Gasteiger partial charge in [0.1, 0.15) is 6.61 Å². The first kappa shape index (κ1) is 27.3. The standard InChI is InChI=1S/C21H20F6N6O2S/c1-12-18(15(36-33-12)8-14-10-30-16(11-29-14)21(25,26)27)19(34)32-13-2-3-17(31-9-13)35-7-6-28-5-4-20(22,23)24/h2-3,9-11,28H,4-8H2,1H3,(H,32,34). The summed E-state index contributed by atoms with van der Waals surface area (Å²) in [4.78, 5) is 24.5. The number of aromatic nitrogens is 4. The SMILES string of the molecule is Cc1nsc(Cc2cnc(C(F)(F)F)cn2)c1C(=O)Nc1ccc(OCCNCCC(F)(F)F)nc1. The molecular weight excluding hydrogens is 514 g/mol. The van der Waals surface area contributed by atoms with E-state index in [0.717, 1.165) is 17.7 Å². The minimum Gasteiger partial charge on any atom is -0.476 e. The van der Waals surface area contributed by atoms with E-state index >= 15 is 0 Å². The highest BCUT2D eigenvalue weighted by Gasteiger charge is 2.33. The Kier molecular flexibility index (Phi) is 8.79. The first-order valence-electron chi connectivity index (χ1n) is 10.4. The van der Waals surface area contributed by atoms with Crippen LogP contribution in [0, 0.1) is 6.92 Å². The minimum atomic E-state index is -4.60. The van der Waals surface area contributed by atoms with E-state index < -0.39 is 30.4 Å². The third kappa shape index (κ3) is 8.12. The molecule has 3 aromatic heterocycles. The lowest BCUT2D eigenvalue weighted by Crippen LogP contribution is -2.26. The van der Waals surface area contributed by atoms with Crippen LogP contribution in [0.5, 0.6) is 5.88 Å². The summed E-state index contributed by atoms with van der Waals surface area (Å²) < 4.78 is 83.8. The second-order valence-corrected chi connectivity index (χ2v) is 8.29. The van der Waals surface area contributed by atoms with Crippen LogP contribution in [-0.2, 0) is 12.6 Å². The van der Waals surface area contributed by atoms with Gasteiger partial charge in [0.2, 0.25) is 5.88 Å². The number of carbonyl (C=O) groups is 1. The number of amides is 1. The average Bonchev–Trinajstić information content (AvgIpc) is 3.16. The van der Waals surface area contributed by atoms with Crippen molar-refractivity contribution in [2.75, 3.05) is 25.0 Å². The number of alkyl halides is 6. The van der Waals surface area contributed by atoms with E-state index in [4.69, 9.17) is 4.74 Å². The van der Waals surface area contributed by atoms with Gasteiger partial charge in [-0.05, 0) is 24.5 Å². The molecule has 15 heteroatoms. The Hall–Kier alpha value is -3.33. The minimum absolute atomic E-state index is 0.0709. The number of aryl methyl sites for hydroxylation is 1. The number of anilines is 1. The summed E-state index contributed by atoms with van der Waals surface area (Å²) in [5.74, 6) is -0.263. The molecule has 0 aliphatic heterocycles. The van der Waals surface area contributed by atoms with E-state index in [-0.39, 0.29) is 43.3 Å². The van der Waals surface area contributed by atoms with Crippen LogP contribution < -0.4 is 15.4 Å². The summed E-state index contributed by atoms with van der Waals surface area (Å²) in [7, 11) is 0. The topological polar surface area (TPSA) is 102 Å². The summed E-state index contributed by atoms with van der Waals surface area (Å²) >= 11 is 1.03. The number of nitrogens with one attached hydrogen (secondary N) is 2. The van der Waals surface area contributed by atoms with Crippen molar-refractivity contribution in [2.24, 2.45) is 0 Å². The molecule has 0 atom stereocenters. The van der Waals surface area contributed by atoms with E-state index in [0.29, 0.717) is 22.5 Å². The fourth-order valence-electron chi connectivity index (χ4n) is 2.90. The van der Waals surface area contributed by atoms with Gasteiger partial charge in [-0.2, -0.15) is 30.7 Å². The number of hydrogen-bond acceptors (Lipinski definition) is 8. The van der Waals surface area contributed by atoms with Gasteiger partial charge in [-0.25, -0.2) is 9.97 Å². The second-order valence-electron chi connectivity index (χ2n) is 7.44. The van der Waals surface area contributed by atoms with Crippen LogP contribution in [-0.4, -0.2) is 51.1 Å². The number of carbonyl (C=O) groups excluding carboxylic acids is 1. The van der Waals surface area contributed by atoms with Gasteiger partial charge in [0, 0.05) is 36.7 Å². The number of halogens is 6. The quantitative estimate of drug-likeness (QED) is 0.293. The zero-order chi connectivity index (χ0) is 26.3. The van der Waals surface area contributed by atoms with Gasteiger partial charge in [-0.15, -0.1) is 0 Å². The third-order valence-electron chi connectivity index (χ3n) is 4.61. The molecule has 0 unspecified atom stereocenters. The first-order chi connectivity index (χ1) is 16.9. The molecular formula is C21H20F6N6O2S. The van der Waals surface area contributed by atoms with Gasteiger partial charge < -0.3 is 15.4 Å². The summed E-state index contributed by atoms with van der Waals surface area (Å²) in [6.45, 7) is 1.72. The lowest BCUT2D eigenvalue weighted by atomic mass is 10.1. The van der Waals surface area contributed by atoms with Gasteiger partial charge in [-0.1, -0.05) is 0 Å². The van der Waals surface area contributed by atoms with Crippen molar-refractivity contribution in [1.82, 2.24) is 24.6 Å². The van der Waals surface area contributed by atoms with Crippen LogP contribution in [0.15, 0.2) is 30.7 Å². The van der Waals surface area contributed by atoms with Crippen molar-refractivity contribution in [2.45, 2.75) is 32.1 Å². The van der Waals surface area contributed by atoms with Crippen molar-refractivity contribution < 1.29 is 35.9 Å². The maximum absolute atomic E-state index is 12.8. The molecule has 194 valence electrons. The van der Waals surface area contributed by atoms with Gasteiger partial charge in [0.05, 0.1) is 41.5 Å². The first-order valence-corrected chi connectivity index (χ1v) is 11.2. The molecule has 3 heterocycles. The van der Waals surface area contributed by atoms with Crippen LogP contribution in [0.3, 0.4) is 0 Å². The molecule has 0 aliphatic rings. The van der Waals surface area contributed by atoms with E-state index in [2.05, 4.69) is 30.0 Å². The Balaban J connectivity index is 1.54. The van der Waals surface area contributed by atoms with E-state index in [1.807, 2.05) is 0 Å². The molecule has 0 fully saturated rings. The normalized spacial score (nSPS) is 12.0. The van der Waals surface area contributed by atoms with Gasteiger partial charge in [0.25, 0.3) is 5.91 Å². The smallest absolute Gasteiger partial charge is 0.434 e. The summed E-state index contributed by atoms with van der Waals surface area (Å²) in [5.41, 5.74) is 0.200. The van der Waals surface area contributed by atoms with Crippen molar-refractivity contribution >= 4 is 23.1 Å². The maximum atomic E-state index is 12.8. The molecule has 0 spiro atoms. The monoisotopic (exact) mass is 534 g/mol. The molecule has 0 radical (unpaired) electrons. The number of hydrogen-bond donors (Lipinski definition) is 2. The molecule has 0 saturated carbocycles. The molecule has 8 nitrogen and oxygen atoms in total. The fraction of sp³-hybridized carbons (Fsp3) is 0.381. The van der Waals surface area contributed by atoms with Crippen LogP contribution >= 0.6 is 11.5 Å². The lowest BCUT2D eigenvalue weighted by molar-refractivity contribution is -0.141. The second kappa shape index (κ2) is 11.6. The zero-order valence-corrected chi connectivity index (χ0v) is 19.5. The lowest BCUT2D eigenvalue weighted by Gasteiger charge is -2.10. The molecule has 0 aromatic carbocycles. The predicted molar refractivity (Wildman–Crippen MR) is 118 cm³/mol. The highest BCUT2D eigenvalue weighted by Crippen LogP contribution is 2.27. The average molecular weight is 534 g/mol. The maximum Gasteiger partial charge on any atom is 0.434 e. The van der Waals surface area contributed by atoms with E-state index in [1.165, 1.54) is 18.3 Å². The van der Waals surface area contributed by atoms with Crippen molar-refractivity contribution in [3.8, 4) is 5.88 Å². The molecule has 0 bridgehead atoms. The van der Waals surface area contributed by atoms with Crippen LogP contribution in [0.1, 0.15) is 38.7 Å². The number of rotatable bonds is 10. The Labute approximate surface area is 205 Å².